The van der Waals surface area contributed by atoms with E-state index in [9.17, 15) is 14.9 Å². The van der Waals surface area contributed by atoms with Crippen molar-refractivity contribution < 1.29 is 19.2 Å². The molecule has 3 aromatic carbocycles. The highest BCUT2D eigenvalue weighted by molar-refractivity contribution is 8.04. The Balaban J connectivity index is 1.50. The fourth-order valence-corrected chi connectivity index (χ4v) is 3.97. The van der Waals surface area contributed by atoms with Crippen LogP contribution >= 0.6 is 11.8 Å². The maximum atomic E-state index is 12.4. The zero-order chi connectivity index (χ0) is 21.8. The summed E-state index contributed by atoms with van der Waals surface area (Å²) < 4.78 is 11.3. The Morgan fingerprint density at radius 1 is 1.06 bits per heavy atom. The molecule has 0 saturated heterocycles. The number of nitro groups is 1. The lowest BCUT2D eigenvalue weighted by Crippen LogP contribution is -2.17. The molecule has 0 fully saturated rings. The smallest absolute Gasteiger partial charge is 0.269 e. The number of carbonyl (C=O) groups excluding carboxylic acids is 1. The van der Waals surface area contributed by atoms with E-state index in [4.69, 9.17) is 9.47 Å². The van der Waals surface area contributed by atoms with Gasteiger partial charge in [0.15, 0.2) is 11.5 Å². The molecule has 4 rings (SSSR count). The van der Waals surface area contributed by atoms with Crippen LogP contribution in [0.4, 0.5) is 11.4 Å². The van der Waals surface area contributed by atoms with Crippen molar-refractivity contribution in [3.63, 3.8) is 0 Å². The summed E-state index contributed by atoms with van der Waals surface area (Å²) in [4.78, 5) is 24.3. The number of benzene rings is 3. The van der Waals surface area contributed by atoms with Gasteiger partial charge in [-0.3, -0.25) is 14.9 Å². The Morgan fingerprint density at radius 2 is 1.84 bits per heavy atom. The number of fused-ring (bicyclic) bond motifs is 1. The average Bonchev–Trinajstić information content (AvgIpc) is 2.78. The average molecular weight is 434 g/mol. The molecule has 31 heavy (non-hydrogen) atoms. The molecule has 0 saturated carbocycles. The molecule has 0 atom stereocenters. The second-order valence-corrected chi connectivity index (χ2v) is 7.77. The lowest BCUT2D eigenvalue weighted by Gasteiger charge is -2.18. The highest BCUT2D eigenvalue weighted by Crippen LogP contribution is 2.39. The number of hydrogen-bond acceptors (Lipinski definition) is 6. The van der Waals surface area contributed by atoms with Crippen molar-refractivity contribution in [3.8, 4) is 11.5 Å². The summed E-state index contributed by atoms with van der Waals surface area (Å²) in [6, 6.07) is 19.3. The van der Waals surface area contributed by atoms with E-state index in [-0.39, 0.29) is 18.2 Å². The maximum absolute atomic E-state index is 12.4. The Labute approximate surface area is 182 Å². The van der Waals surface area contributed by atoms with Gasteiger partial charge in [0.1, 0.15) is 6.61 Å². The van der Waals surface area contributed by atoms with Gasteiger partial charge in [-0.15, -0.1) is 0 Å². The Morgan fingerprint density at radius 3 is 2.58 bits per heavy atom. The predicted octanol–water partition coefficient (Wildman–Crippen LogP) is 5.27. The summed E-state index contributed by atoms with van der Waals surface area (Å²) in [5.41, 5.74) is 2.44. The summed E-state index contributed by atoms with van der Waals surface area (Å²) in [6.07, 6.45) is 1.80. The minimum atomic E-state index is -0.440. The van der Waals surface area contributed by atoms with Gasteiger partial charge < -0.3 is 14.8 Å². The number of para-hydroxylation sites is 1. The molecule has 156 valence electrons. The van der Waals surface area contributed by atoms with Crippen molar-refractivity contribution in [3.05, 3.63) is 92.9 Å². The standard InChI is InChI=1S/C23H18N2O5S/c1-29-20-12-16(13-22-23(26)24-18-4-2-3-5-21(18)31-22)8-11-19(20)30-14-15-6-9-17(10-7-15)25(27)28/h2-13H,14H2,1H3,(H,24,26)/b22-13-. The summed E-state index contributed by atoms with van der Waals surface area (Å²) in [7, 11) is 1.54. The molecule has 1 aliphatic heterocycles. The van der Waals surface area contributed by atoms with Crippen molar-refractivity contribution in [2.75, 3.05) is 12.4 Å². The Kier molecular flexibility index (Phi) is 5.90. The third kappa shape index (κ3) is 4.70. The van der Waals surface area contributed by atoms with Gasteiger partial charge in [0.25, 0.3) is 11.6 Å². The SMILES string of the molecule is COc1cc(/C=C2\Sc3ccccc3NC2=O)ccc1OCc1ccc([N+](=O)[O-])cc1. The van der Waals surface area contributed by atoms with E-state index in [0.29, 0.717) is 16.4 Å². The number of non-ortho nitro benzene ring substituents is 1. The van der Waals surface area contributed by atoms with Crippen LogP contribution in [-0.4, -0.2) is 17.9 Å². The van der Waals surface area contributed by atoms with Crippen molar-refractivity contribution in [1.29, 1.82) is 0 Å². The minimum Gasteiger partial charge on any atom is -0.493 e. The normalized spacial score (nSPS) is 14.0. The third-order valence-corrected chi connectivity index (χ3v) is 5.70. The van der Waals surface area contributed by atoms with E-state index >= 15 is 0 Å². The van der Waals surface area contributed by atoms with Crippen LogP contribution in [0.15, 0.2) is 76.5 Å². The number of rotatable bonds is 6. The molecule has 1 heterocycles. The molecule has 1 N–H and O–H groups in total. The number of nitrogens with zero attached hydrogens (tertiary/aromatic N) is 1. The van der Waals surface area contributed by atoms with E-state index in [1.165, 1.54) is 23.9 Å². The number of thioether (sulfide) groups is 1. The summed E-state index contributed by atoms with van der Waals surface area (Å²) in [6.45, 7) is 0.240. The fourth-order valence-electron chi connectivity index (χ4n) is 3.02. The number of amides is 1. The number of nitrogens with one attached hydrogen (secondary N) is 1. The Hall–Kier alpha value is -3.78. The molecule has 0 unspecified atom stereocenters. The second kappa shape index (κ2) is 8.93. The van der Waals surface area contributed by atoms with Gasteiger partial charge in [0, 0.05) is 17.0 Å². The fraction of sp³-hybridized carbons (Fsp3) is 0.0870. The van der Waals surface area contributed by atoms with Gasteiger partial charge in [-0.05, 0) is 53.6 Å². The molecule has 1 aliphatic rings. The van der Waals surface area contributed by atoms with Crippen LogP contribution in [0.25, 0.3) is 6.08 Å². The largest absolute Gasteiger partial charge is 0.493 e. The van der Waals surface area contributed by atoms with E-state index in [2.05, 4.69) is 5.32 Å². The maximum Gasteiger partial charge on any atom is 0.269 e. The summed E-state index contributed by atoms with van der Waals surface area (Å²) in [5, 5.41) is 13.7. The zero-order valence-corrected chi connectivity index (χ0v) is 17.3. The number of anilines is 1. The topological polar surface area (TPSA) is 90.7 Å². The van der Waals surface area contributed by atoms with Crippen molar-refractivity contribution in [1.82, 2.24) is 0 Å². The highest BCUT2D eigenvalue weighted by atomic mass is 32.2. The van der Waals surface area contributed by atoms with Crippen LogP contribution in [0.5, 0.6) is 11.5 Å². The van der Waals surface area contributed by atoms with Gasteiger partial charge in [-0.2, -0.15) is 0 Å². The van der Waals surface area contributed by atoms with E-state index in [0.717, 1.165) is 21.7 Å². The molecule has 1 amide bonds. The van der Waals surface area contributed by atoms with Crippen molar-refractivity contribution in [2.24, 2.45) is 0 Å². The van der Waals surface area contributed by atoms with Gasteiger partial charge in [-0.1, -0.05) is 30.0 Å². The summed E-state index contributed by atoms with van der Waals surface area (Å²) >= 11 is 1.42. The number of carbonyl (C=O) groups is 1. The summed E-state index contributed by atoms with van der Waals surface area (Å²) in [5.74, 6) is 0.910. The first-order chi connectivity index (χ1) is 15.0. The number of methoxy groups -OCH3 is 1. The van der Waals surface area contributed by atoms with Crippen LogP contribution in [0.2, 0.25) is 0 Å². The molecule has 7 nitrogen and oxygen atoms in total. The lowest BCUT2D eigenvalue weighted by atomic mass is 10.1. The van der Waals surface area contributed by atoms with Gasteiger partial charge in [-0.25, -0.2) is 0 Å². The van der Waals surface area contributed by atoms with E-state index in [1.807, 2.05) is 30.3 Å². The van der Waals surface area contributed by atoms with Gasteiger partial charge in [0.2, 0.25) is 0 Å². The minimum absolute atomic E-state index is 0.0333. The lowest BCUT2D eigenvalue weighted by molar-refractivity contribution is -0.384. The van der Waals surface area contributed by atoms with Crippen LogP contribution in [-0.2, 0) is 11.4 Å². The van der Waals surface area contributed by atoms with Gasteiger partial charge in [0.05, 0.1) is 22.6 Å². The molecule has 0 aromatic heterocycles. The van der Waals surface area contributed by atoms with Crippen molar-refractivity contribution >= 4 is 35.1 Å². The molecular formula is C23H18N2O5S. The van der Waals surface area contributed by atoms with Gasteiger partial charge >= 0.3 is 0 Å². The van der Waals surface area contributed by atoms with Crippen LogP contribution in [0, 0.1) is 10.1 Å². The molecule has 0 bridgehead atoms. The Bertz CT molecular complexity index is 1170. The molecule has 0 radical (unpaired) electrons. The monoisotopic (exact) mass is 434 g/mol. The second-order valence-electron chi connectivity index (χ2n) is 6.68. The highest BCUT2D eigenvalue weighted by Gasteiger charge is 2.20. The van der Waals surface area contributed by atoms with Crippen LogP contribution < -0.4 is 14.8 Å². The number of hydrogen-bond donors (Lipinski definition) is 1. The number of nitro benzene ring substituents is 1. The first-order valence-electron chi connectivity index (χ1n) is 9.37. The first-order valence-corrected chi connectivity index (χ1v) is 10.2. The van der Waals surface area contributed by atoms with E-state index in [1.54, 1.807) is 37.5 Å². The first kappa shape index (κ1) is 20.5. The quantitative estimate of drug-likeness (QED) is 0.323. The van der Waals surface area contributed by atoms with E-state index < -0.39 is 4.92 Å². The van der Waals surface area contributed by atoms with Crippen molar-refractivity contribution in [2.45, 2.75) is 11.5 Å². The zero-order valence-electron chi connectivity index (χ0n) is 16.5. The molecule has 0 spiro atoms. The molecular weight excluding hydrogens is 416 g/mol. The number of ether oxygens (including phenoxy) is 2. The third-order valence-electron chi connectivity index (χ3n) is 4.61. The predicted molar refractivity (Wildman–Crippen MR) is 119 cm³/mol. The van der Waals surface area contributed by atoms with Crippen LogP contribution in [0.3, 0.4) is 0 Å². The molecule has 8 heteroatoms. The van der Waals surface area contributed by atoms with Crippen LogP contribution in [0.1, 0.15) is 11.1 Å². The molecule has 3 aromatic rings. The molecule has 0 aliphatic carbocycles.